The van der Waals surface area contributed by atoms with E-state index in [0.29, 0.717) is 6.42 Å². The lowest BCUT2D eigenvalue weighted by Gasteiger charge is -2.11. The molecule has 0 radical (unpaired) electrons. The Morgan fingerprint density at radius 1 is 1.07 bits per heavy atom. The Balaban J connectivity index is 1.74. The second-order valence-electron chi connectivity index (χ2n) is 7.06. The minimum atomic E-state index is -0.0317. The van der Waals surface area contributed by atoms with Crippen molar-refractivity contribution in [2.45, 2.75) is 26.8 Å². The van der Waals surface area contributed by atoms with Gasteiger partial charge < -0.3 is 10.2 Å². The molecule has 27 heavy (non-hydrogen) atoms. The maximum atomic E-state index is 12.6. The molecule has 0 aliphatic heterocycles. The number of carbonyl (C=O) groups excluding carboxylic acids is 1. The summed E-state index contributed by atoms with van der Waals surface area (Å²) in [5.41, 5.74) is 5.84. The number of benzene rings is 2. The molecule has 0 fully saturated rings. The number of nitrogens with zero attached hydrogens (tertiary/aromatic N) is 3. The third kappa shape index (κ3) is 4.63. The Bertz CT molecular complexity index is 929. The molecular weight excluding hydrogens is 336 g/mol. The van der Waals surface area contributed by atoms with Crippen molar-refractivity contribution in [1.29, 1.82) is 0 Å². The van der Waals surface area contributed by atoms with Gasteiger partial charge in [-0.15, -0.1) is 0 Å². The first-order valence-electron chi connectivity index (χ1n) is 9.08. The van der Waals surface area contributed by atoms with Gasteiger partial charge in [-0.2, -0.15) is 5.10 Å². The van der Waals surface area contributed by atoms with E-state index in [-0.39, 0.29) is 5.91 Å². The molecule has 3 aromatic rings. The summed E-state index contributed by atoms with van der Waals surface area (Å²) in [6.07, 6.45) is 0.308. The minimum Gasteiger partial charge on any atom is -0.326 e. The van der Waals surface area contributed by atoms with Gasteiger partial charge in [-0.25, -0.2) is 4.68 Å². The first-order chi connectivity index (χ1) is 12.9. The van der Waals surface area contributed by atoms with Gasteiger partial charge in [0.2, 0.25) is 5.91 Å². The van der Waals surface area contributed by atoms with Crippen molar-refractivity contribution in [3.63, 3.8) is 0 Å². The Hall–Kier alpha value is -2.92. The highest BCUT2D eigenvalue weighted by Crippen LogP contribution is 2.19. The molecule has 0 atom stereocenters. The zero-order valence-corrected chi connectivity index (χ0v) is 16.4. The maximum absolute atomic E-state index is 12.6. The fourth-order valence-corrected chi connectivity index (χ4v) is 3.23. The van der Waals surface area contributed by atoms with Crippen LogP contribution in [0.15, 0.2) is 54.6 Å². The van der Waals surface area contributed by atoms with Crippen molar-refractivity contribution in [3.8, 4) is 5.69 Å². The number of nitrogens with one attached hydrogen (secondary N) is 1. The predicted molar refractivity (Wildman–Crippen MR) is 109 cm³/mol. The summed E-state index contributed by atoms with van der Waals surface area (Å²) in [7, 11) is 4.06. The van der Waals surface area contributed by atoms with E-state index in [1.807, 2.05) is 81.2 Å². The van der Waals surface area contributed by atoms with Crippen molar-refractivity contribution in [1.82, 2.24) is 14.7 Å². The van der Waals surface area contributed by atoms with Gasteiger partial charge in [0.25, 0.3) is 0 Å². The summed E-state index contributed by atoms with van der Waals surface area (Å²) >= 11 is 0. The molecule has 1 aromatic heterocycles. The van der Waals surface area contributed by atoms with Gasteiger partial charge in [0.1, 0.15) is 0 Å². The van der Waals surface area contributed by atoms with Gasteiger partial charge in [-0.1, -0.05) is 30.3 Å². The number of hydrogen-bond acceptors (Lipinski definition) is 3. The summed E-state index contributed by atoms with van der Waals surface area (Å²) in [6.45, 7) is 4.80. The van der Waals surface area contributed by atoms with Crippen LogP contribution >= 0.6 is 0 Å². The van der Waals surface area contributed by atoms with Crippen LogP contribution in [0.5, 0.6) is 0 Å². The Kier molecular flexibility index (Phi) is 5.72. The second kappa shape index (κ2) is 8.18. The lowest BCUT2D eigenvalue weighted by molar-refractivity contribution is -0.115. The first kappa shape index (κ1) is 18.9. The lowest BCUT2D eigenvalue weighted by Crippen LogP contribution is -2.16. The molecule has 3 rings (SSSR count). The number of aromatic nitrogens is 2. The fourth-order valence-electron chi connectivity index (χ4n) is 3.23. The van der Waals surface area contributed by atoms with Crippen LogP contribution in [0.1, 0.15) is 22.5 Å². The van der Waals surface area contributed by atoms with Gasteiger partial charge in [-0.05, 0) is 57.8 Å². The molecular formula is C22H26N4O. The van der Waals surface area contributed by atoms with Crippen LogP contribution in [0.2, 0.25) is 0 Å². The Morgan fingerprint density at radius 2 is 1.81 bits per heavy atom. The highest BCUT2D eigenvalue weighted by Gasteiger charge is 2.16. The third-order valence-corrected chi connectivity index (χ3v) is 4.49. The van der Waals surface area contributed by atoms with E-state index in [9.17, 15) is 4.79 Å². The molecule has 5 nitrogen and oxygen atoms in total. The van der Waals surface area contributed by atoms with Crippen LogP contribution in [0.4, 0.5) is 5.69 Å². The van der Waals surface area contributed by atoms with E-state index in [0.717, 1.165) is 34.9 Å². The summed E-state index contributed by atoms with van der Waals surface area (Å²) < 4.78 is 1.90. The minimum absolute atomic E-state index is 0.0317. The zero-order chi connectivity index (χ0) is 19.4. The number of carbonyl (C=O) groups is 1. The molecule has 5 heteroatoms. The topological polar surface area (TPSA) is 50.2 Å². The third-order valence-electron chi connectivity index (χ3n) is 4.49. The van der Waals surface area contributed by atoms with Crippen LogP contribution in [0.3, 0.4) is 0 Å². The van der Waals surface area contributed by atoms with Gasteiger partial charge in [0.15, 0.2) is 0 Å². The molecule has 0 aliphatic rings. The van der Waals surface area contributed by atoms with Crippen molar-refractivity contribution < 1.29 is 4.79 Å². The molecule has 0 spiro atoms. The van der Waals surface area contributed by atoms with Crippen LogP contribution in [0, 0.1) is 13.8 Å². The number of hydrogen-bond donors (Lipinski definition) is 1. The molecule has 1 N–H and O–H groups in total. The summed E-state index contributed by atoms with van der Waals surface area (Å²) in [6, 6.07) is 18.0. The quantitative estimate of drug-likeness (QED) is 0.727. The monoisotopic (exact) mass is 362 g/mol. The van der Waals surface area contributed by atoms with E-state index in [2.05, 4.69) is 21.4 Å². The number of aryl methyl sites for hydroxylation is 1. The first-order valence-corrected chi connectivity index (χ1v) is 9.08. The van der Waals surface area contributed by atoms with Crippen LogP contribution in [-0.4, -0.2) is 34.7 Å². The molecule has 0 saturated carbocycles. The molecule has 2 aromatic carbocycles. The van der Waals surface area contributed by atoms with Crippen molar-refractivity contribution >= 4 is 11.6 Å². The summed E-state index contributed by atoms with van der Waals surface area (Å²) in [5, 5.41) is 7.63. The highest BCUT2D eigenvalue weighted by atomic mass is 16.1. The Morgan fingerprint density at radius 3 is 2.52 bits per heavy atom. The van der Waals surface area contributed by atoms with E-state index in [1.54, 1.807) is 0 Å². The standard InChI is InChI=1S/C22H26N4O/c1-16-21(17(2)26(24-16)20-11-6-5-7-12-20)14-22(27)23-19-10-8-9-18(13-19)15-25(3)4/h5-13H,14-15H2,1-4H3,(H,23,27). The second-order valence-corrected chi connectivity index (χ2v) is 7.06. The van der Waals surface area contributed by atoms with E-state index >= 15 is 0 Å². The molecule has 1 amide bonds. The Labute approximate surface area is 160 Å². The fraction of sp³-hybridized carbons (Fsp3) is 0.273. The molecule has 0 aliphatic carbocycles. The number of para-hydroxylation sites is 1. The number of rotatable bonds is 6. The van der Waals surface area contributed by atoms with Crippen molar-refractivity contribution in [3.05, 3.63) is 77.1 Å². The number of amides is 1. The highest BCUT2D eigenvalue weighted by molar-refractivity contribution is 5.92. The summed E-state index contributed by atoms with van der Waals surface area (Å²) in [5.74, 6) is -0.0317. The molecule has 140 valence electrons. The average Bonchev–Trinajstić information content (AvgIpc) is 2.90. The molecule has 1 heterocycles. The molecule has 0 saturated heterocycles. The SMILES string of the molecule is Cc1nn(-c2ccccc2)c(C)c1CC(=O)Nc1cccc(CN(C)C)c1. The number of anilines is 1. The molecule has 0 unspecified atom stereocenters. The smallest absolute Gasteiger partial charge is 0.228 e. The molecule has 0 bridgehead atoms. The van der Waals surface area contributed by atoms with Gasteiger partial charge in [-0.3, -0.25) is 4.79 Å². The van der Waals surface area contributed by atoms with E-state index in [1.165, 1.54) is 5.56 Å². The van der Waals surface area contributed by atoms with Crippen molar-refractivity contribution in [2.75, 3.05) is 19.4 Å². The predicted octanol–water partition coefficient (Wildman–Crippen LogP) is 3.73. The van der Waals surface area contributed by atoms with Gasteiger partial charge in [0.05, 0.1) is 17.8 Å². The maximum Gasteiger partial charge on any atom is 0.228 e. The van der Waals surface area contributed by atoms with Crippen molar-refractivity contribution in [2.24, 2.45) is 0 Å². The van der Waals surface area contributed by atoms with Crippen LogP contribution in [-0.2, 0) is 17.8 Å². The van der Waals surface area contributed by atoms with Crippen LogP contribution < -0.4 is 5.32 Å². The van der Waals surface area contributed by atoms with Gasteiger partial charge >= 0.3 is 0 Å². The van der Waals surface area contributed by atoms with E-state index < -0.39 is 0 Å². The van der Waals surface area contributed by atoms with Crippen LogP contribution in [0.25, 0.3) is 5.69 Å². The average molecular weight is 362 g/mol. The lowest BCUT2D eigenvalue weighted by atomic mass is 10.1. The summed E-state index contributed by atoms with van der Waals surface area (Å²) in [4.78, 5) is 14.7. The normalized spacial score (nSPS) is 11.0. The largest absolute Gasteiger partial charge is 0.326 e. The van der Waals surface area contributed by atoms with Gasteiger partial charge in [0, 0.05) is 23.5 Å². The van der Waals surface area contributed by atoms with E-state index in [4.69, 9.17) is 0 Å². The zero-order valence-electron chi connectivity index (χ0n) is 16.4.